The molecule has 0 saturated carbocycles. The maximum Gasteiger partial charge on any atom is 0.340 e. The number of aromatic nitrogens is 1. The Morgan fingerprint density at radius 2 is 2.35 bits per heavy atom. The smallest absolute Gasteiger partial charge is 0.340 e. The van der Waals surface area contributed by atoms with Crippen molar-refractivity contribution in [3.8, 4) is 17.0 Å². The Hall–Kier alpha value is -1.92. The second-order valence-corrected chi connectivity index (χ2v) is 6.61. The number of nitrogens with zero attached hydrogens (tertiary/aromatic N) is 1. The highest BCUT2D eigenvalue weighted by molar-refractivity contribution is 7.12. The van der Waals surface area contributed by atoms with Crippen molar-refractivity contribution in [2.24, 2.45) is 0 Å². The molecular formula is C17H19NO4S. The Labute approximate surface area is 138 Å². The molecule has 5 nitrogen and oxygen atoms in total. The van der Waals surface area contributed by atoms with Crippen molar-refractivity contribution >= 4 is 17.3 Å². The fraction of sp³-hybridized carbons (Fsp3) is 0.412. The first-order valence-corrected chi connectivity index (χ1v) is 8.50. The van der Waals surface area contributed by atoms with Crippen LogP contribution < -0.4 is 4.74 Å². The second-order valence-electron chi connectivity index (χ2n) is 5.37. The van der Waals surface area contributed by atoms with Crippen molar-refractivity contribution in [3.63, 3.8) is 0 Å². The topological polar surface area (TPSA) is 68.7 Å². The van der Waals surface area contributed by atoms with Gasteiger partial charge < -0.3 is 14.6 Å². The number of ether oxygens (including phenoxy) is 2. The van der Waals surface area contributed by atoms with Gasteiger partial charge in [-0.3, -0.25) is 0 Å². The summed E-state index contributed by atoms with van der Waals surface area (Å²) in [5.74, 6) is 0.262. The van der Waals surface area contributed by atoms with Crippen LogP contribution in [0.4, 0.5) is 0 Å². The van der Waals surface area contributed by atoms with Crippen LogP contribution in [0.2, 0.25) is 0 Å². The lowest BCUT2D eigenvalue weighted by Gasteiger charge is -2.18. The van der Waals surface area contributed by atoms with Crippen molar-refractivity contribution in [2.45, 2.75) is 32.8 Å². The summed E-state index contributed by atoms with van der Waals surface area (Å²) in [7, 11) is 0. The second kappa shape index (κ2) is 6.68. The molecule has 6 heteroatoms. The van der Waals surface area contributed by atoms with Gasteiger partial charge in [0.25, 0.3) is 0 Å². The quantitative estimate of drug-likeness (QED) is 0.871. The minimum atomic E-state index is -1.30. The molecule has 0 fully saturated rings. The summed E-state index contributed by atoms with van der Waals surface area (Å²) in [4.78, 5) is 16.9. The highest BCUT2D eigenvalue weighted by Gasteiger charge is 2.26. The summed E-state index contributed by atoms with van der Waals surface area (Å²) in [6.45, 7) is 4.55. The van der Waals surface area contributed by atoms with Gasteiger partial charge in [0.05, 0.1) is 28.8 Å². The molecule has 1 aliphatic rings. The Kier molecular flexibility index (Phi) is 4.63. The largest absolute Gasteiger partial charge is 0.493 e. The number of carbonyl (C=O) groups excluding carboxylic acids is 1. The average molecular weight is 333 g/mol. The number of hydrogen-bond donors (Lipinski definition) is 1. The van der Waals surface area contributed by atoms with Gasteiger partial charge in [0.1, 0.15) is 5.75 Å². The van der Waals surface area contributed by atoms with Crippen LogP contribution in [0, 0.1) is 6.92 Å². The molecule has 1 aromatic carbocycles. The average Bonchev–Trinajstić information content (AvgIpc) is 2.95. The number of rotatable bonds is 4. The lowest BCUT2D eigenvalue weighted by molar-refractivity contribution is -0.153. The molecule has 0 spiro atoms. The third-order valence-electron chi connectivity index (χ3n) is 3.70. The first-order chi connectivity index (χ1) is 11.1. The zero-order valence-corrected chi connectivity index (χ0v) is 14.0. The van der Waals surface area contributed by atoms with Crippen molar-refractivity contribution in [1.82, 2.24) is 4.98 Å². The van der Waals surface area contributed by atoms with Gasteiger partial charge in [0.15, 0.2) is 6.10 Å². The minimum absolute atomic E-state index is 0.235. The van der Waals surface area contributed by atoms with Crippen LogP contribution in [0.5, 0.6) is 5.75 Å². The van der Waals surface area contributed by atoms with E-state index in [1.807, 2.05) is 25.1 Å². The molecular weight excluding hydrogens is 314 g/mol. The third-order valence-corrected chi connectivity index (χ3v) is 4.72. The van der Waals surface area contributed by atoms with E-state index >= 15 is 0 Å². The van der Waals surface area contributed by atoms with Gasteiger partial charge in [0.2, 0.25) is 0 Å². The van der Waals surface area contributed by atoms with E-state index < -0.39 is 12.1 Å². The maximum atomic E-state index is 11.9. The van der Waals surface area contributed by atoms with Crippen LogP contribution in [0.15, 0.2) is 18.2 Å². The summed E-state index contributed by atoms with van der Waals surface area (Å²) in [5.41, 5.74) is 2.66. The highest BCUT2D eigenvalue weighted by Crippen LogP contribution is 2.36. The van der Waals surface area contributed by atoms with Crippen molar-refractivity contribution in [2.75, 3.05) is 13.2 Å². The van der Waals surface area contributed by atoms with Crippen LogP contribution in [-0.4, -0.2) is 29.3 Å². The van der Waals surface area contributed by atoms with Crippen molar-refractivity contribution in [1.29, 1.82) is 0 Å². The molecule has 1 N–H and O–H groups in total. The molecule has 0 bridgehead atoms. The lowest BCUT2D eigenvalue weighted by Crippen LogP contribution is -2.15. The summed E-state index contributed by atoms with van der Waals surface area (Å²) in [6.07, 6.45) is 0.649. The molecule has 0 radical (unpaired) electrons. The number of esters is 1. The standard InChI is InChI=1S/C17H19NO4S/c1-3-21-17(20)15(19)16-14(18-10(2)23-16)12-6-7-13-11(9-12)5-4-8-22-13/h6-7,9,15,19H,3-5,8H2,1-2H3. The first kappa shape index (κ1) is 16.0. The molecule has 1 aromatic heterocycles. The molecule has 2 aromatic rings. The Bertz CT molecular complexity index is 725. The van der Waals surface area contributed by atoms with E-state index in [-0.39, 0.29) is 6.61 Å². The molecule has 0 amide bonds. The summed E-state index contributed by atoms with van der Waals surface area (Å²) in [5, 5.41) is 11.1. The van der Waals surface area contributed by atoms with Crippen molar-refractivity contribution in [3.05, 3.63) is 33.6 Å². The van der Waals surface area contributed by atoms with E-state index in [1.165, 1.54) is 11.3 Å². The first-order valence-electron chi connectivity index (χ1n) is 7.68. The van der Waals surface area contributed by atoms with E-state index in [4.69, 9.17) is 9.47 Å². The normalized spacial score (nSPS) is 14.7. The summed E-state index contributed by atoms with van der Waals surface area (Å²) < 4.78 is 10.5. The molecule has 122 valence electrons. The molecule has 0 aliphatic carbocycles. The van der Waals surface area contributed by atoms with Crippen molar-refractivity contribution < 1.29 is 19.4 Å². The molecule has 1 aliphatic heterocycles. The number of aliphatic hydroxyl groups excluding tert-OH is 1. The monoisotopic (exact) mass is 333 g/mol. The lowest BCUT2D eigenvalue weighted by atomic mass is 10.0. The zero-order chi connectivity index (χ0) is 16.4. The molecule has 23 heavy (non-hydrogen) atoms. The molecule has 2 heterocycles. The fourth-order valence-electron chi connectivity index (χ4n) is 2.67. The van der Waals surface area contributed by atoms with Gasteiger partial charge in [-0.1, -0.05) is 0 Å². The van der Waals surface area contributed by atoms with Crippen LogP contribution in [0.3, 0.4) is 0 Å². The van der Waals surface area contributed by atoms with E-state index in [2.05, 4.69) is 4.98 Å². The van der Waals surface area contributed by atoms with Gasteiger partial charge in [-0.25, -0.2) is 9.78 Å². The van der Waals surface area contributed by atoms with Gasteiger partial charge in [-0.05, 0) is 50.5 Å². The summed E-state index contributed by atoms with van der Waals surface area (Å²) >= 11 is 1.32. The number of hydrogen-bond acceptors (Lipinski definition) is 6. The predicted octanol–water partition coefficient (Wildman–Crippen LogP) is 3.04. The predicted molar refractivity (Wildman–Crippen MR) is 87.7 cm³/mol. The molecule has 0 saturated heterocycles. The third kappa shape index (κ3) is 3.23. The zero-order valence-electron chi connectivity index (χ0n) is 13.2. The van der Waals surface area contributed by atoms with E-state index in [0.29, 0.717) is 10.6 Å². The van der Waals surface area contributed by atoms with Crippen LogP contribution in [0.1, 0.15) is 34.9 Å². The van der Waals surface area contributed by atoms with Gasteiger partial charge in [-0.15, -0.1) is 11.3 Å². The van der Waals surface area contributed by atoms with E-state index in [1.54, 1.807) is 6.92 Å². The maximum absolute atomic E-state index is 11.9. The van der Waals surface area contributed by atoms with Crippen LogP contribution in [0.25, 0.3) is 11.3 Å². The number of aryl methyl sites for hydroxylation is 2. The number of aliphatic hydroxyl groups is 1. The summed E-state index contributed by atoms with van der Waals surface area (Å²) in [6, 6.07) is 5.88. The van der Waals surface area contributed by atoms with Crippen LogP contribution in [-0.2, 0) is 16.0 Å². The Morgan fingerprint density at radius 3 is 3.13 bits per heavy atom. The van der Waals surface area contributed by atoms with Gasteiger partial charge in [0, 0.05) is 5.56 Å². The Balaban J connectivity index is 1.98. The number of benzene rings is 1. The SMILES string of the molecule is CCOC(=O)C(O)c1sc(C)nc1-c1ccc2c(c1)CCCO2. The molecule has 1 unspecified atom stereocenters. The number of thiazole rings is 1. The number of carbonyl (C=O) groups is 1. The van der Waals surface area contributed by atoms with E-state index in [0.717, 1.165) is 41.3 Å². The van der Waals surface area contributed by atoms with Gasteiger partial charge >= 0.3 is 5.97 Å². The highest BCUT2D eigenvalue weighted by atomic mass is 32.1. The molecule has 3 rings (SSSR count). The number of fused-ring (bicyclic) bond motifs is 1. The fourth-order valence-corrected chi connectivity index (χ4v) is 3.59. The minimum Gasteiger partial charge on any atom is -0.493 e. The Morgan fingerprint density at radius 1 is 1.52 bits per heavy atom. The molecule has 1 atom stereocenters. The van der Waals surface area contributed by atoms with Crippen LogP contribution >= 0.6 is 11.3 Å². The van der Waals surface area contributed by atoms with E-state index in [9.17, 15) is 9.90 Å². The van der Waals surface area contributed by atoms with Gasteiger partial charge in [-0.2, -0.15) is 0 Å².